The Morgan fingerprint density at radius 3 is 2.71 bits per heavy atom. The number of nitrogens with one attached hydrogen (secondary N) is 2. The normalized spacial score (nSPS) is 21.7. The van der Waals surface area contributed by atoms with Crippen molar-refractivity contribution in [1.82, 2.24) is 15.5 Å². The van der Waals surface area contributed by atoms with Gasteiger partial charge in [-0.25, -0.2) is 0 Å². The predicted molar refractivity (Wildman–Crippen MR) is 89.1 cm³/mol. The molecule has 0 aromatic carbocycles. The Hall–Kier alpha value is -2.00. The average Bonchev–Trinajstić information content (AvgIpc) is 3.25. The number of hydrogen-bond donors (Lipinski definition) is 2. The molecule has 2 aliphatic heterocycles. The zero-order chi connectivity index (χ0) is 17.1. The van der Waals surface area contributed by atoms with Gasteiger partial charge in [-0.15, -0.1) is 0 Å². The number of piperidine rings is 1. The van der Waals surface area contributed by atoms with Gasteiger partial charge in [0.15, 0.2) is 0 Å². The summed E-state index contributed by atoms with van der Waals surface area (Å²) in [5, 5.41) is 17.0. The van der Waals surface area contributed by atoms with Crippen LogP contribution in [0.3, 0.4) is 0 Å². The lowest BCUT2D eigenvalue weighted by Gasteiger charge is -2.28. The van der Waals surface area contributed by atoms with E-state index in [0.29, 0.717) is 17.8 Å². The van der Waals surface area contributed by atoms with Crippen LogP contribution in [-0.4, -0.2) is 53.4 Å². The van der Waals surface area contributed by atoms with E-state index in [1.165, 1.54) is 12.1 Å². The van der Waals surface area contributed by atoms with Gasteiger partial charge in [0.2, 0.25) is 5.91 Å². The molecule has 2 saturated heterocycles. The van der Waals surface area contributed by atoms with Crippen molar-refractivity contribution in [3.05, 3.63) is 27.1 Å². The van der Waals surface area contributed by atoms with Crippen LogP contribution in [0.25, 0.3) is 0 Å². The van der Waals surface area contributed by atoms with Crippen molar-refractivity contribution in [3.63, 3.8) is 0 Å². The molecule has 8 nitrogen and oxygen atoms in total. The Bertz CT molecular complexity index is 641. The highest BCUT2D eigenvalue weighted by Gasteiger charge is 2.36. The minimum Gasteiger partial charge on any atom is -0.351 e. The zero-order valence-electron chi connectivity index (χ0n) is 13.2. The lowest BCUT2D eigenvalue weighted by molar-refractivity contribution is -0.380. The van der Waals surface area contributed by atoms with Gasteiger partial charge in [-0.1, -0.05) is 11.3 Å². The third kappa shape index (κ3) is 3.57. The summed E-state index contributed by atoms with van der Waals surface area (Å²) in [5.74, 6) is -0.408. The third-order valence-corrected chi connectivity index (χ3v) is 5.51. The van der Waals surface area contributed by atoms with E-state index >= 15 is 0 Å². The van der Waals surface area contributed by atoms with Crippen molar-refractivity contribution < 1.29 is 14.5 Å². The van der Waals surface area contributed by atoms with E-state index in [4.69, 9.17) is 0 Å². The van der Waals surface area contributed by atoms with E-state index in [1.807, 2.05) is 0 Å². The predicted octanol–water partition coefficient (Wildman–Crippen LogP) is 1.13. The van der Waals surface area contributed by atoms with Gasteiger partial charge in [-0.2, -0.15) is 0 Å². The second kappa shape index (κ2) is 7.27. The molecular formula is C15H20N4O4S. The van der Waals surface area contributed by atoms with E-state index in [9.17, 15) is 19.7 Å². The molecular weight excluding hydrogens is 332 g/mol. The summed E-state index contributed by atoms with van der Waals surface area (Å²) in [4.78, 5) is 37.3. The second-order valence-corrected chi connectivity index (χ2v) is 7.15. The Morgan fingerprint density at radius 1 is 1.29 bits per heavy atom. The number of likely N-dealkylation sites (tertiary alicyclic amines) is 1. The smallest absolute Gasteiger partial charge is 0.324 e. The van der Waals surface area contributed by atoms with Crippen LogP contribution in [0.15, 0.2) is 12.1 Å². The number of carbonyl (C=O) groups is 2. The fourth-order valence-electron chi connectivity index (χ4n) is 3.23. The molecule has 24 heavy (non-hydrogen) atoms. The van der Waals surface area contributed by atoms with Crippen LogP contribution in [0, 0.1) is 10.1 Å². The van der Waals surface area contributed by atoms with Gasteiger partial charge in [0.1, 0.15) is 6.04 Å². The minimum absolute atomic E-state index is 0.0618. The quantitative estimate of drug-likeness (QED) is 0.624. The highest BCUT2D eigenvalue weighted by Crippen LogP contribution is 2.28. The van der Waals surface area contributed by atoms with E-state index in [1.54, 1.807) is 4.90 Å². The summed E-state index contributed by atoms with van der Waals surface area (Å²) in [6.45, 7) is 2.28. The van der Waals surface area contributed by atoms with Crippen LogP contribution < -0.4 is 10.6 Å². The molecule has 2 aliphatic rings. The first-order chi connectivity index (χ1) is 11.6. The maximum atomic E-state index is 12.6. The number of amides is 2. The lowest BCUT2D eigenvalue weighted by atomic mass is 10.1. The topological polar surface area (TPSA) is 105 Å². The summed E-state index contributed by atoms with van der Waals surface area (Å²) < 4.78 is 0. The van der Waals surface area contributed by atoms with Crippen molar-refractivity contribution in [3.8, 4) is 0 Å². The summed E-state index contributed by atoms with van der Waals surface area (Å²) in [6.07, 6.45) is 3.19. The average molecular weight is 352 g/mol. The molecule has 2 N–H and O–H groups in total. The Balaban J connectivity index is 1.66. The van der Waals surface area contributed by atoms with Crippen molar-refractivity contribution in [2.24, 2.45) is 0 Å². The first-order valence-electron chi connectivity index (χ1n) is 8.12. The molecule has 0 bridgehead atoms. The van der Waals surface area contributed by atoms with E-state index in [-0.39, 0.29) is 22.9 Å². The Labute approximate surface area is 143 Å². The number of carbonyl (C=O) groups excluding carboxylic acids is 2. The van der Waals surface area contributed by atoms with Crippen molar-refractivity contribution in [2.45, 2.75) is 37.8 Å². The lowest BCUT2D eigenvalue weighted by Crippen LogP contribution is -2.50. The number of hydrogen-bond acceptors (Lipinski definition) is 6. The van der Waals surface area contributed by atoms with Crippen molar-refractivity contribution >= 4 is 28.2 Å². The standard InChI is InChI=1S/C15H20N4O4S/c20-14(17-10-5-7-16-8-6-10)11-2-1-9-18(11)15(21)12-3-4-13(24-12)19(22)23/h3-4,10-11,16H,1-2,5-9H2,(H,17,20). The Morgan fingerprint density at radius 2 is 2.04 bits per heavy atom. The van der Waals surface area contributed by atoms with Gasteiger partial charge in [0.25, 0.3) is 5.91 Å². The largest absolute Gasteiger partial charge is 0.351 e. The van der Waals surface area contributed by atoms with Gasteiger partial charge in [-0.05, 0) is 44.8 Å². The SMILES string of the molecule is O=C(NC1CCNCC1)C1CCCN1C(=O)c1ccc([N+](=O)[O-])s1. The minimum atomic E-state index is -0.507. The first-order valence-corrected chi connectivity index (χ1v) is 8.94. The molecule has 0 radical (unpaired) electrons. The molecule has 1 unspecified atom stereocenters. The van der Waals surface area contributed by atoms with E-state index in [2.05, 4.69) is 10.6 Å². The third-order valence-electron chi connectivity index (χ3n) is 4.48. The summed E-state index contributed by atoms with van der Waals surface area (Å²) in [7, 11) is 0. The van der Waals surface area contributed by atoms with E-state index in [0.717, 1.165) is 43.7 Å². The van der Waals surface area contributed by atoms with Crippen LogP contribution in [0.4, 0.5) is 5.00 Å². The van der Waals surface area contributed by atoms with Crippen LogP contribution in [-0.2, 0) is 4.79 Å². The molecule has 0 saturated carbocycles. The van der Waals surface area contributed by atoms with Gasteiger partial charge >= 0.3 is 5.00 Å². The molecule has 1 atom stereocenters. The maximum absolute atomic E-state index is 12.6. The molecule has 9 heteroatoms. The van der Waals surface area contributed by atoms with Crippen LogP contribution in [0.2, 0.25) is 0 Å². The molecule has 1 aromatic heterocycles. The number of thiophene rings is 1. The maximum Gasteiger partial charge on any atom is 0.324 e. The summed E-state index contributed by atoms with van der Waals surface area (Å²) in [5.41, 5.74) is 0. The molecule has 0 spiro atoms. The molecule has 2 fully saturated rings. The van der Waals surface area contributed by atoms with E-state index < -0.39 is 11.0 Å². The van der Waals surface area contributed by atoms with Crippen molar-refractivity contribution in [1.29, 1.82) is 0 Å². The van der Waals surface area contributed by atoms with Gasteiger partial charge in [0.05, 0.1) is 9.80 Å². The summed E-state index contributed by atoms with van der Waals surface area (Å²) >= 11 is 0.855. The highest BCUT2D eigenvalue weighted by molar-refractivity contribution is 7.17. The van der Waals surface area contributed by atoms with Gasteiger partial charge in [-0.3, -0.25) is 19.7 Å². The van der Waals surface area contributed by atoms with Gasteiger partial charge < -0.3 is 15.5 Å². The van der Waals surface area contributed by atoms with Gasteiger partial charge in [0, 0.05) is 18.7 Å². The fraction of sp³-hybridized carbons (Fsp3) is 0.600. The molecule has 130 valence electrons. The fourth-order valence-corrected chi connectivity index (χ4v) is 4.00. The molecule has 1 aromatic rings. The zero-order valence-corrected chi connectivity index (χ0v) is 14.0. The number of nitro groups is 1. The monoisotopic (exact) mass is 352 g/mol. The second-order valence-electron chi connectivity index (χ2n) is 6.08. The van der Waals surface area contributed by atoms with Crippen LogP contribution in [0.1, 0.15) is 35.4 Å². The number of nitrogens with zero attached hydrogens (tertiary/aromatic N) is 2. The molecule has 2 amide bonds. The summed E-state index contributed by atoms with van der Waals surface area (Å²) in [6, 6.07) is 2.47. The first kappa shape index (κ1) is 16.8. The van der Waals surface area contributed by atoms with Crippen LogP contribution in [0.5, 0.6) is 0 Å². The highest BCUT2D eigenvalue weighted by atomic mass is 32.1. The number of rotatable bonds is 4. The molecule has 3 heterocycles. The van der Waals surface area contributed by atoms with Crippen molar-refractivity contribution in [2.75, 3.05) is 19.6 Å². The molecule has 3 rings (SSSR count). The Kier molecular flexibility index (Phi) is 5.10. The molecule has 0 aliphatic carbocycles. The van der Waals surface area contributed by atoms with Crippen LogP contribution >= 0.6 is 11.3 Å².